The standard InChI is InChI=1S/C18H16ClFN4OS/c1-10-7-11(2)16(13(19)8-10)21-15(25)9-26-18-22-17(23-24-18)12-5-3-4-6-14(12)20/h3-8H,9H2,1-2H3,(H,21,25)(H,22,23,24). The zero-order valence-corrected chi connectivity index (χ0v) is 15.7. The van der Waals surface area contributed by atoms with Crippen LogP contribution >= 0.6 is 23.4 Å². The molecule has 1 aromatic heterocycles. The van der Waals surface area contributed by atoms with Gasteiger partial charge in [-0.25, -0.2) is 9.37 Å². The van der Waals surface area contributed by atoms with Crippen molar-refractivity contribution in [2.24, 2.45) is 0 Å². The number of thioether (sulfide) groups is 1. The normalized spacial score (nSPS) is 10.8. The highest BCUT2D eigenvalue weighted by Gasteiger charge is 2.13. The van der Waals surface area contributed by atoms with Crippen molar-refractivity contribution in [2.45, 2.75) is 19.0 Å². The van der Waals surface area contributed by atoms with Crippen molar-refractivity contribution in [2.75, 3.05) is 11.1 Å². The van der Waals surface area contributed by atoms with Crippen molar-refractivity contribution in [3.8, 4) is 11.4 Å². The van der Waals surface area contributed by atoms with Gasteiger partial charge in [-0.2, -0.15) is 0 Å². The Balaban J connectivity index is 1.63. The predicted molar refractivity (Wildman–Crippen MR) is 102 cm³/mol. The Morgan fingerprint density at radius 1 is 1.31 bits per heavy atom. The van der Waals surface area contributed by atoms with E-state index in [2.05, 4.69) is 20.5 Å². The van der Waals surface area contributed by atoms with Crippen molar-refractivity contribution < 1.29 is 9.18 Å². The van der Waals surface area contributed by atoms with E-state index in [1.54, 1.807) is 24.3 Å². The Labute approximate surface area is 159 Å². The second-order valence-electron chi connectivity index (χ2n) is 5.72. The van der Waals surface area contributed by atoms with Gasteiger partial charge in [0.25, 0.3) is 0 Å². The molecule has 1 heterocycles. The zero-order valence-electron chi connectivity index (χ0n) is 14.1. The van der Waals surface area contributed by atoms with Gasteiger partial charge in [0, 0.05) is 0 Å². The molecule has 0 unspecified atom stereocenters. The van der Waals surface area contributed by atoms with Crippen LogP contribution in [0, 0.1) is 19.7 Å². The Kier molecular flexibility index (Phi) is 5.58. The smallest absolute Gasteiger partial charge is 0.234 e. The number of nitrogens with zero attached hydrogens (tertiary/aromatic N) is 2. The summed E-state index contributed by atoms with van der Waals surface area (Å²) in [6.07, 6.45) is 0. The maximum absolute atomic E-state index is 13.8. The lowest BCUT2D eigenvalue weighted by atomic mass is 10.1. The molecule has 2 N–H and O–H groups in total. The summed E-state index contributed by atoms with van der Waals surface area (Å²) in [5, 5.41) is 10.4. The Bertz CT molecular complexity index is 937. The molecule has 0 spiro atoms. The highest BCUT2D eigenvalue weighted by atomic mass is 35.5. The molecule has 3 rings (SSSR count). The average molecular weight is 391 g/mol. The number of aromatic amines is 1. The van der Waals surface area contributed by atoms with Crippen LogP contribution in [0.3, 0.4) is 0 Å². The molecule has 0 aliphatic heterocycles. The average Bonchev–Trinajstić information content (AvgIpc) is 3.05. The Morgan fingerprint density at radius 3 is 2.81 bits per heavy atom. The van der Waals surface area contributed by atoms with Crippen LogP contribution in [0.2, 0.25) is 5.02 Å². The molecule has 0 radical (unpaired) electrons. The van der Waals surface area contributed by atoms with Gasteiger partial charge in [0.05, 0.1) is 22.0 Å². The number of carbonyl (C=O) groups excluding carboxylic acids is 1. The molecule has 0 aliphatic carbocycles. The number of aromatic nitrogens is 3. The number of amides is 1. The molecule has 0 saturated carbocycles. The molecule has 0 bridgehead atoms. The molecule has 0 saturated heterocycles. The molecular formula is C18H16ClFN4OS. The lowest BCUT2D eigenvalue weighted by Gasteiger charge is -2.11. The minimum absolute atomic E-state index is 0.109. The van der Waals surface area contributed by atoms with Crippen LogP contribution in [0.25, 0.3) is 11.4 Å². The highest BCUT2D eigenvalue weighted by Crippen LogP contribution is 2.28. The molecule has 0 atom stereocenters. The molecule has 8 heteroatoms. The van der Waals surface area contributed by atoms with Crippen LogP contribution in [0.1, 0.15) is 11.1 Å². The van der Waals surface area contributed by atoms with E-state index < -0.39 is 0 Å². The number of carbonyl (C=O) groups is 1. The second-order valence-corrected chi connectivity index (χ2v) is 7.07. The molecule has 1 amide bonds. The molecule has 134 valence electrons. The quantitative estimate of drug-likeness (QED) is 0.624. The molecule has 5 nitrogen and oxygen atoms in total. The molecule has 0 fully saturated rings. The number of rotatable bonds is 5. The van der Waals surface area contributed by atoms with E-state index in [4.69, 9.17) is 11.6 Å². The number of benzene rings is 2. The third-order valence-corrected chi connectivity index (χ3v) is 4.77. The number of anilines is 1. The minimum atomic E-state index is -0.387. The van der Waals surface area contributed by atoms with Crippen molar-refractivity contribution in [3.05, 3.63) is 58.4 Å². The van der Waals surface area contributed by atoms with Gasteiger partial charge >= 0.3 is 0 Å². The van der Waals surface area contributed by atoms with Crippen LogP contribution in [-0.4, -0.2) is 26.8 Å². The fourth-order valence-electron chi connectivity index (χ4n) is 2.46. The molecule has 3 aromatic rings. The second kappa shape index (κ2) is 7.88. The topological polar surface area (TPSA) is 70.7 Å². The first-order chi connectivity index (χ1) is 12.4. The summed E-state index contributed by atoms with van der Waals surface area (Å²) < 4.78 is 13.8. The highest BCUT2D eigenvalue weighted by molar-refractivity contribution is 7.99. The predicted octanol–water partition coefficient (Wildman–Crippen LogP) is 4.61. The van der Waals surface area contributed by atoms with Gasteiger partial charge in [-0.1, -0.05) is 41.6 Å². The van der Waals surface area contributed by atoms with E-state index in [9.17, 15) is 9.18 Å². The largest absolute Gasteiger partial charge is 0.324 e. The Morgan fingerprint density at radius 2 is 2.08 bits per heavy atom. The first kappa shape index (κ1) is 18.4. The third-order valence-electron chi connectivity index (χ3n) is 3.62. The summed E-state index contributed by atoms with van der Waals surface area (Å²) in [4.78, 5) is 16.4. The lowest BCUT2D eigenvalue weighted by Crippen LogP contribution is -2.15. The number of halogens is 2. The molecular weight excluding hydrogens is 375 g/mol. The maximum Gasteiger partial charge on any atom is 0.234 e. The van der Waals surface area contributed by atoms with E-state index in [0.29, 0.717) is 27.3 Å². The number of aryl methyl sites for hydroxylation is 2. The number of hydrogen-bond acceptors (Lipinski definition) is 4. The van der Waals surface area contributed by atoms with Crippen molar-refractivity contribution >= 4 is 35.0 Å². The van der Waals surface area contributed by atoms with E-state index in [-0.39, 0.29) is 17.5 Å². The maximum atomic E-state index is 13.8. The van der Waals surface area contributed by atoms with E-state index in [0.717, 1.165) is 22.9 Å². The van der Waals surface area contributed by atoms with Gasteiger partial charge < -0.3 is 5.32 Å². The lowest BCUT2D eigenvalue weighted by molar-refractivity contribution is -0.113. The van der Waals surface area contributed by atoms with Crippen LogP contribution in [0.4, 0.5) is 10.1 Å². The van der Waals surface area contributed by atoms with Crippen LogP contribution in [0.15, 0.2) is 41.6 Å². The fourth-order valence-corrected chi connectivity index (χ4v) is 3.43. The van der Waals surface area contributed by atoms with Crippen LogP contribution < -0.4 is 5.32 Å². The van der Waals surface area contributed by atoms with Crippen molar-refractivity contribution in [3.63, 3.8) is 0 Å². The Hall–Kier alpha value is -2.38. The summed E-state index contributed by atoms with van der Waals surface area (Å²) >= 11 is 7.35. The summed E-state index contributed by atoms with van der Waals surface area (Å²) in [5.74, 6) is -0.176. The van der Waals surface area contributed by atoms with Gasteiger partial charge in [-0.05, 0) is 43.2 Å². The molecule has 2 aromatic carbocycles. The van der Waals surface area contributed by atoms with Crippen LogP contribution in [-0.2, 0) is 4.79 Å². The van der Waals surface area contributed by atoms with Gasteiger partial charge in [-0.3, -0.25) is 9.89 Å². The van der Waals surface area contributed by atoms with E-state index in [1.165, 1.54) is 6.07 Å². The van der Waals surface area contributed by atoms with Gasteiger partial charge in [-0.15, -0.1) is 5.10 Å². The summed E-state index contributed by atoms with van der Waals surface area (Å²) in [6.45, 7) is 3.83. The van der Waals surface area contributed by atoms with Crippen molar-refractivity contribution in [1.82, 2.24) is 15.2 Å². The minimum Gasteiger partial charge on any atom is -0.324 e. The van der Waals surface area contributed by atoms with Gasteiger partial charge in [0.15, 0.2) is 5.82 Å². The van der Waals surface area contributed by atoms with E-state index in [1.807, 2.05) is 19.9 Å². The summed E-state index contributed by atoms with van der Waals surface area (Å²) in [6, 6.07) is 10.0. The number of nitrogens with one attached hydrogen (secondary N) is 2. The van der Waals surface area contributed by atoms with Crippen molar-refractivity contribution in [1.29, 1.82) is 0 Å². The molecule has 26 heavy (non-hydrogen) atoms. The fraction of sp³-hybridized carbons (Fsp3) is 0.167. The van der Waals surface area contributed by atoms with Gasteiger partial charge in [0.1, 0.15) is 5.82 Å². The number of H-pyrrole nitrogens is 1. The summed E-state index contributed by atoms with van der Waals surface area (Å²) in [7, 11) is 0. The first-order valence-corrected chi connectivity index (χ1v) is 9.17. The SMILES string of the molecule is Cc1cc(C)c(NC(=O)CSc2n[nH]c(-c3ccccc3F)n2)c(Cl)c1. The zero-order chi connectivity index (χ0) is 18.7. The third kappa shape index (κ3) is 4.23. The van der Waals surface area contributed by atoms with E-state index >= 15 is 0 Å². The van der Waals surface area contributed by atoms with Gasteiger partial charge in [0.2, 0.25) is 11.1 Å². The monoisotopic (exact) mass is 390 g/mol. The number of hydrogen-bond donors (Lipinski definition) is 2. The summed E-state index contributed by atoms with van der Waals surface area (Å²) in [5.41, 5.74) is 2.86. The first-order valence-electron chi connectivity index (χ1n) is 7.80. The molecule has 0 aliphatic rings. The van der Waals surface area contributed by atoms with Crippen LogP contribution in [0.5, 0.6) is 0 Å².